The molecule has 0 bridgehead atoms. The van der Waals surface area contributed by atoms with Crippen LogP contribution >= 0.6 is 11.8 Å². The van der Waals surface area contributed by atoms with Crippen LogP contribution < -0.4 is 5.32 Å². The van der Waals surface area contributed by atoms with Crippen LogP contribution in [-0.2, 0) is 17.9 Å². The molecule has 0 radical (unpaired) electrons. The maximum absolute atomic E-state index is 12.9. The summed E-state index contributed by atoms with van der Waals surface area (Å²) in [5.41, 5.74) is 1.73. The molecule has 0 saturated heterocycles. The van der Waals surface area contributed by atoms with Gasteiger partial charge in [-0.2, -0.15) is 0 Å². The zero-order valence-electron chi connectivity index (χ0n) is 14.5. The first-order chi connectivity index (χ1) is 13.2. The number of benzene rings is 1. The minimum atomic E-state index is -0.299. The third-order valence-corrected chi connectivity index (χ3v) is 4.67. The molecule has 1 aromatic carbocycles. The summed E-state index contributed by atoms with van der Waals surface area (Å²) < 4.78 is 14.8. The zero-order valence-corrected chi connectivity index (χ0v) is 15.3. The van der Waals surface area contributed by atoms with Crippen molar-refractivity contribution >= 4 is 17.7 Å². The number of thioether (sulfide) groups is 1. The molecular formula is C19H18FN5OS. The Hall–Kier alpha value is -3.00. The molecule has 0 fully saturated rings. The second-order valence-corrected chi connectivity index (χ2v) is 6.58. The van der Waals surface area contributed by atoms with Gasteiger partial charge in [-0.05, 0) is 29.8 Å². The van der Waals surface area contributed by atoms with Crippen LogP contribution in [-0.4, -0.2) is 31.4 Å². The molecule has 0 unspecified atom stereocenters. The summed E-state index contributed by atoms with van der Waals surface area (Å²) in [7, 11) is 0. The first-order valence-corrected chi connectivity index (χ1v) is 9.24. The highest BCUT2D eigenvalue weighted by Gasteiger charge is 2.14. The van der Waals surface area contributed by atoms with Crippen molar-refractivity contribution in [2.24, 2.45) is 0 Å². The van der Waals surface area contributed by atoms with Gasteiger partial charge < -0.3 is 5.32 Å². The van der Waals surface area contributed by atoms with E-state index in [1.54, 1.807) is 30.6 Å². The number of rotatable bonds is 8. The molecule has 2 aromatic heterocycles. The number of carbonyl (C=O) groups is 1. The highest BCUT2D eigenvalue weighted by atomic mass is 32.2. The van der Waals surface area contributed by atoms with E-state index in [0.29, 0.717) is 24.1 Å². The fraction of sp³-hybridized carbons (Fsp3) is 0.158. The normalized spacial score (nSPS) is 10.6. The number of nitrogens with one attached hydrogen (secondary N) is 1. The topological polar surface area (TPSA) is 72.7 Å². The van der Waals surface area contributed by atoms with Crippen molar-refractivity contribution in [3.63, 3.8) is 0 Å². The first-order valence-electron chi connectivity index (χ1n) is 8.26. The van der Waals surface area contributed by atoms with Crippen molar-refractivity contribution in [2.45, 2.75) is 18.2 Å². The van der Waals surface area contributed by atoms with Crippen molar-refractivity contribution in [1.29, 1.82) is 0 Å². The van der Waals surface area contributed by atoms with E-state index >= 15 is 0 Å². The maximum Gasteiger partial charge on any atom is 0.230 e. The number of aromatic nitrogens is 4. The Bertz CT molecular complexity index is 912. The molecule has 0 aliphatic carbocycles. The van der Waals surface area contributed by atoms with Crippen LogP contribution in [0.1, 0.15) is 5.56 Å². The molecule has 0 saturated carbocycles. The molecule has 0 aliphatic heterocycles. The van der Waals surface area contributed by atoms with E-state index in [9.17, 15) is 9.18 Å². The van der Waals surface area contributed by atoms with Crippen molar-refractivity contribution in [1.82, 2.24) is 25.1 Å². The molecule has 0 atom stereocenters. The van der Waals surface area contributed by atoms with Gasteiger partial charge in [0, 0.05) is 31.0 Å². The van der Waals surface area contributed by atoms with Gasteiger partial charge in [0.1, 0.15) is 5.82 Å². The van der Waals surface area contributed by atoms with Crippen LogP contribution in [0, 0.1) is 5.82 Å². The molecule has 3 rings (SSSR count). The monoisotopic (exact) mass is 383 g/mol. The van der Waals surface area contributed by atoms with Gasteiger partial charge in [0.15, 0.2) is 11.0 Å². The highest BCUT2D eigenvalue weighted by molar-refractivity contribution is 7.99. The van der Waals surface area contributed by atoms with Crippen LogP contribution in [0.4, 0.5) is 4.39 Å². The van der Waals surface area contributed by atoms with Gasteiger partial charge in [0.2, 0.25) is 5.91 Å². The minimum absolute atomic E-state index is 0.136. The SMILES string of the molecule is C=CCn1c(SCC(=O)NCc2ccc(F)cc2)nnc1-c1ccncc1. The van der Waals surface area contributed by atoms with Crippen LogP contribution in [0.25, 0.3) is 11.4 Å². The van der Waals surface area contributed by atoms with E-state index in [-0.39, 0.29) is 17.5 Å². The Balaban J connectivity index is 1.61. The minimum Gasteiger partial charge on any atom is -0.351 e. The number of nitrogens with zero attached hydrogens (tertiary/aromatic N) is 4. The Morgan fingerprint density at radius 3 is 2.63 bits per heavy atom. The largest absolute Gasteiger partial charge is 0.351 e. The zero-order chi connectivity index (χ0) is 19.1. The van der Waals surface area contributed by atoms with E-state index in [4.69, 9.17) is 0 Å². The lowest BCUT2D eigenvalue weighted by molar-refractivity contribution is -0.118. The van der Waals surface area contributed by atoms with Crippen molar-refractivity contribution < 1.29 is 9.18 Å². The van der Waals surface area contributed by atoms with Crippen LogP contribution in [0.3, 0.4) is 0 Å². The number of hydrogen-bond acceptors (Lipinski definition) is 5. The van der Waals surface area contributed by atoms with E-state index in [0.717, 1.165) is 11.1 Å². The Labute approximate surface area is 160 Å². The van der Waals surface area contributed by atoms with Gasteiger partial charge in [0.25, 0.3) is 0 Å². The number of halogens is 1. The molecular weight excluding hydrogens is 365 g/mol. The van der Waals surface area contributed by atoms with Gasteiger partial charge in [-0.15, -0.1) is 16.8 Å². The molecule has 27 heavy (non-hydrogen) atoms. The molecule has 138 valence electrons. The van der Waals surface area contributed by atoms with Crippen LogP contribution in [0.15, 0.2) is 66.6 Å². The Kier molecular flexibility index (Phi) is 6.32. The molecule has 3 aromatic rings. The lowest BCUT2D eigenvalue weighted by Crippen LogP contribution is -2.24. The fourth-order valence-corrected chi connectivity index (χ4v) is 3.17. The van der Waals surface area contributed by atoms with Gasteiger partial charge in [-0.1, -0.05) is 30.0 Å². The van der Waals surface area contributed by atoms with E-state index in [2.05, 4.69) is 27.1 Å². The fourth-order valence-electron chi connectivity index (χ4n) is 2.39. The predicted molar refractivity (Wildman–Crippen MR) is 102 cm³/mol. The summed E-state index contributed by atoms with van der Waals surface area (Å²) in [6.45, 7) is 4.65. The lowest BCUT2D eigenvalue weighted by atomic mass is 10.2. The lowest BCUT2D eigenvalue weighted by Gasteiger charge is -2.08. The second kappa shape index (κ2) is 9.09. The molecule has 6 nitrogen and oxygen atoms in total. The number of carbonyl (C=O) groups excluding carboxylic acids is 1. The third-order valence-electron chi connectivity index (χ3n) is 3.70. The van der Waals surface area contributed by atoms with Crippen molar-refractivity contribution in [2.75, 3.05) is 5.75 Å². The standard InChI is InChI=1S/C19H18FN5OS/c1-2-11-25-18(15-7-9-21-10-8-15)23-24-19(25)27-13-17(26)22-12-14-3-5-16(20)6-4-14/h2-10H,1,11-13H2,(H,22,26). The van der Waals surface area contributed by atoms with Crippen molar-refractivity contribution in [3.05, 3.63) is 72.8 Å². The average molecular weight is 383 g/mol. The molecule has 1 amide bonds. The quantitative estimate of drug-likeness (QED) is 0.478. The number of pyridine rings is 1. The van der Waals surface area contributed by atoms with Gasteiger partial charge >= 0.3 is 0 Å². The number of allylic oxidation sites excluding steroid dienone is 1. The van der Waals surface area contributed by atoms with Gasteiger partial charge in [-0.25, -0.2) is 4.39 Å². The van der Waals surface area contributed by atoms with Crippen molar-refractivity contribution in [3.8, 4) is 11.4 Å². The van der Waals surface area contributed by atoms with E-state index in [1.807, 2.05) is 16.7 Å². The predicted octanol–water partition coefficient (Wildman–Crippen LogP) is 3.07. The summed E-state index contributed by atoms with van der Waals surface area (Å²) in [5.74, 6) is 0.467. The molecule has 8 heteroatoms. The molecule has 0 spiro atoms. The third kappa shape index (κ3) is 5.01. The van der Waals surface area contributed by atoms with Crippen LogP contribution in [0.5, 0.6) is 0 Å². The van der Waals surface area contributed by atoms with E-state index < -0.39 is 0 Å². The van der Waals surface area contributed by atoms with Gasteiger partial charge in [-0.3, -0.25) is 14.3 Å². The summed E-state index contributed by atoms with van der Waals surface area (Å²) in [5, 5.41) is 11.9. The average Bonchev–Trinajstić information content (AvgIpc) is 3.09. The molecule has 2 heterocycles. The van der Waals surface area contributed by atoms with Gasteiger partial charge in [0.05, 0.1) is 5.75 Å². The second-order valence-electron chi connectivity index (χ2n) is 5.63. The first kappa shape index (κ1) is 18.8. The van der Waals surface area contributed by atoms with E-state index in [1.165, 1.54) is 23.9 Å². The number of amides is 1. The summed E-state index contributed by atoms with van der Waals surface area (Å²) in [6, 6.07) is 9.74. The Morgan fingerprint density at radius 1 is 1.19 bits per heavy atom. The summed E-state index contributed by atoms with van der Waals surface area (Å²) in [4.78, 5) is 16.1. The summed E-state index contributed by atoms with van der Waals surface area (Å²) >= 11 is 1.30. The smallest absolute Gasteiger partial charge is 0.230 e. The molecule has 0 aliphatic rings. The number of hydrogen-bond donors (Lipinski definition) is 1. The molecule has 1 N–H and O–H groups in total. The maximum atomic E-state index is 12.9. The Morgan fingerprint density at radius 2 is 1.93 bits per heavy atom. The highest BCUT2D eigenvalue weighted by Crippen LogP contribution is 2.23. The van der Waals surface area contributed by atoms with Crippen LogP contribution in [0.2, 0.25) is 0 Å². The summed E-state index contributed by atoms with van der Waals surface area (Å²) in [6.07, 6.45) is 5.14.